The van der Waals surface area contributed by atoms with E-state index in [1.54, 1.807) is 12.3 Å². The Morgan fingerprint density at radius 1 is 1.17 bits per heavy atom. The van der Waals surface area contributed by atoms with Crippen LogP contribution in [0, 0.1) is 18.6 Å². The van der Waals surface area contributed by atoms with E-state index in [1.807, 2.05) is 19.9 Å². The fraction of sp³-hybridized carbons (Fsp3) is 0.222. The number of aromatic nitrogens is 2. The predicted molar refractivity (Wildman–Crippen MR) is 87.8 cm³/mol. The van der Waals surface area contributed by atoms with Crippen molar-refractivity contribution in [2.24, 2.45) is 0 Å². The molecule has 3 rings (SSSR count). The van der Waals surface area contributed by atoms with Gasteiger partial charge < -0.3 is 5.32 Å². The van der Waals surface area contributed by atoms with Crippen LogP contribution in [0.4, 0.5) is 8.78 Å². The predicted octanol–water partition coefficient (Wildman–Crippen LogP) is 3.13. The highest BCUT2D eigenvalue weighted by Crippen LogP contribution is 2.16. The lowest BCUT2D eigenvalue weighted by Gasteiger charge is -2.14. The van der Waals surface area contributed by atoms with Gasteiger partial charge in [0.2, 0.25) is 0 Å². The van der Waals surface area contributed by atoms with Crippen molar-refractivity contribution in [2.45, 2.75) is 26.4 Å². The molecule has 3 aromatic rings. The van der Waals surface area contributed by atoms with E-state index < -0.39 is 11.6 Å². The van der Waals surface area contributed by atoms with Crippen LogP contribution in [0.2, 0.25) is 0 Å². The van der Waals surface area contributed by atoms with Crippen LogP contribution in [0.15, 0.2) is 47.4 Å². The highest BCUT2D eigenvalue weighted by molar-refractivity contribution is 5.39. The second-order valence-electron chi connectivity index (χ2n) is 5.80. The summed E-state index contributed by atoms with van der Waals surface area (Å²) in [6.07, 6.45) is 1.74. The summed E-state index contributed by atoms with van der Waals surface area (Å²) in [5.41, 5.74) is 2.62. The van der Waals surface area contributed by atoms with Gasteiger partial charge in [-0.1, -0.05) is 12.1 Å². The monoisotopic (exact) mass is 329 g/mol. The van der Waals surface area contributed by atoms with Gasteiger partial charge >= 0.3 is 0 Å². The van der Waals surface area contributed by atoms with Gasteiger partial charge in [-0.25, -0.2) is 13.8 Å². The molecule has 0 bridgehead atoms. The SMILES string of the molecule is Cc1ccc2nc(CN[C@@H](C)c3ccc(F)c(F)c3)cc(=O)n2c1. The Bertz CT molecular complexity index is 953. The molecule has 0 aliphatic heterocycles. The van der Waals surface area contributed by atoms with Crippen LogP contribution in [-0.4, -0.2) is 9.38 Å². The number of nitrogens with zero attached hydrogens (tertiary/aromatic N) is 2. The Morgan fingerprint density at radius 3 is 2.71 bits per heavy atom. The maximum Gasteiger partial charge on any atom is 0.258 e. The van der Waals surface area contributed by atoms with Crippen molar-refractivity contribution >= 4 is 5.65 Å². The van der Waals surface area contributed by atoms with E-state index in [4.69, 9.17) is 0 Å². The second-order valence-corrected chi connectivity index (χ2v) is 5.80. The zero-order chi connectivity index (χ0) is 17.3. The largest absolute Gasteiger partial charge is 0.305 e. The summed E-state index contributed by atoms with van der Waals surface area (Å²) in [6.45, 7) is 4.09. The number of aryl methyl sites for hydroxylation is 1. The summed E-state index contributed by atoms with van der Waals surface area (Å²) in [5.74, 6) is -1.75. The van der Waals surface area contributed by atoms with Crippen LogP contribution in [0.5, 0.6) is 0 Å². The Kier molecular flexibility index (Phi) is 4.40. The molecule has 1 aromatic carbocycles. The highest BCUT2D eigenvalue weighted by atomic mass is 19.2. The molecule has 1 atom stereocenters. The maximum atomic E-state index is 13.3. The Morgan fingerprint density at radius 2 is 1.96 bits per heavy atom. The van der Waals surface area contributed by atoms with E-state index in [9.17, 15) is 13.6 Å². The number of hydrogen-bond acceptors (Lipinski definition) is 3. The lowest BCUT2D eigenvalue weighted by atomic mass is 10.1. The van der Waals surface area contributed by atoms with Crippen molar-refractivity contribution in [2.75, 3.05) is 0 Å². The van der Waals surface area contributed by atoms with Gasteiger partial charge in [-0.2, -0.15) is 0 Å². The average Bonchev–Trinajstić information content (AvgIpc) is 2.56. The van der Waals surface area contributed by atoms with Gasteiger partial charge in [0.15, 0.2) is 11.6 Å². The smallest absolute Gasteiger partial charge is 0.258 e. The molecule has 0 spiro atoms. The number of hydrogen-bond donors (Lipinski definition) is 1. The zero-order valence-electron chi connectivity index (χ0n) is 13.4. The molecular formula is C18H17F2N3O. The van der Waals surface area contributed by atoms with Gasteiger partial charge in [0.05, 0.1) is 5.69 Å². The fourth-order valence-corrected chi connectivity index (χ4v) is 2.51. The van der Waals surface area contributed by atoms with Gasteiger partial charge in [-0.05, 0) is 43.2 Å². The van der Waals surface area contributed by atoms with Crippen molar-refractivity contribution in [3.63, 3.8) is 0 Å². The van der Waals surface area contributed by atoms with Crippen molar-refractivity contribution in [3.8, 4) is 0 Å². The van der Waals surface area contributed by atoms with Crippen LogP contribution >= 0.6 is 0 Å². The van der Waals surface area contributed by atoms with Crippen LogP contribution in [-0.2, 0) is 6.54 Å². The van der Waals surface area contributed by atoms with E-state index in [2.05, 4.69) is 10.3 Å². The fourth-order valence-electron chi connectivity index (χ4n) is 2.51. The summed E-state index contributed by atoms with van der Waals surface area (Å²) in [6, 6.07) is 8.74. The first-order valence-corrected chi connectivity index (χ1v) is 7.61. The number of rotatable bonds is 4. The number of fused-ring (bicyclic) bond motifs is 1. The third kappa shape index (κ3) is 3.33. The molecule has 6 heteroatoms. The molecular weight excluding hydrogens is 312 g/mol. The molecule has 0 fully saturated rings. The first-order chi connectivity index (χ1) is 11.4. The molecule has 0 aliphatic rings. The normalized spacial score (nSPS) is 12.5. The maximum absolute atomic E-state index is 13.3. The van der Waals surface area contributed by atoms with Gasteiger partial charge in [-0.3, -0.25) is 9.20 Å². The van der Waals surface area contributed by atoms with E-state index in [0.29, 0.717) is 23.4 Å². The number of pyridine rings is 1. The molecule has 0 saturated heterocycles. The minimum atomic E-state index is -0.876. The Balaban J connectivity index is 1.78. The third-order valence-electron chi connectivity index (χ3n) is 3.89. The molecule has 0 aliphatic carbocycles. The summed E-state index contributed by atoms with van der Waals surface area (Å²) in [4.78, 5) is 16.6. The highest BCUT2D eigenvalue weighted by Gasteiger charge is 2.10. The molecule has 2 heterocycles. The number of nitrogens with one attached hydrogen (secondary N) is 1. The van der Waals surface area contributed by atoms with Crippen LogP contribution < -0.4 is 10.9 Å². The molecule has 2 aromatic heterocycles. The van der Waals surface area contributed by atoms with E-state index in [-0.39, 0.29) is 11.6 Å². The van der Waals surface area contributed by atoms with E-state index in [1.165, 1.54) is 22.6 Å². The molecule has 124 valence electrons. The standard InChI is InChI=1S/C18H17F2N3O/c1-11-3-6-17-22-14(8-18(24)23(17)10-11)9-21-12(2)13-4-5-15(19)16(20)7-13/h3-8,10,12,21H,9H2,1-2H3/t12-/m0/s1. The Hall–Kier alpha value is -2.60. The minimum absolute atomic E-state index is 0.152. The first-order valence-electron chi connectivity index (χ1n) is 7.61. The molecule has 1 N–H and O–H groups in total. The van der Waals surface area contributed by atoms with Crippen LogP contribution in [0.1, 0.15) is 29.8 Å². The van der Waals surface area contributed by atoms with Crippen LogP contribution in [0.3, 0.4) is 0 Å². The summed E-state index contributed by atoms with van der Waals surface area (Å²) in [7, 11) is 0. The second kappa shape index (κ2) is 6.49. The molecule has 4 nitrogen and oxygen atoms in total. The van der Waals surface area contributed by atoms with Crippen molar-refractivity contribution < 1.29 is 8.78 Å². The lowest BCUT2D eigenvalue weighted by molar-refractivity contribution is 0.500. The zero-order valence-corrected chi connectivity index (χ0v) is 13.4. The molecule has 0 unspecified atom stereocenters. The van der Waals surface area contributed by atoms with Gasteiger partial charge in [-0.15, -0.1) is 0 Å². The van der Waals surface area contributed by atoms with Crippen molar-refractivity contribution in [1.29, 1.82) is 0 Å². The Labute approximate surface area is 137 Å². The lowest BCUT2D eigenvalue weighted by Crippen LogP contribution is -2.22. The third-order valence-corrected chi connectivity index (χ3v) is 3.89. The van der Waals surface area contributed by atoms with Crippen molar-refractivity contribution in [1.82, 2.24) is 14.7 Å². The summed E-state index contributed by atoms with van der Waals surface area (Å²) < 4.78 is 27.8. The average molecular weight is 329 g/mol. The number of benzene rings is 1. The van der Waals surface area contributed by atoms with Gasteiger partial charge in [0.1, 0.15) is 5.65 Å². The van der Waals surface area contributed by atoms with Crippen LogP contribution in [0.25, 0.3) is 5.65 Å². The molecule has 0 amide bonds. The molecule has 0 saturated carbocycles. The van der Waals surface area contributed by atoms with Crippen molar-refractivity contribution in [3.05, 3.63) is 81.4 Å². The summed E-state index contributed by atoms with van der Waals surface area (Å²) in [5, 5.41) is 3.17. The van der Waals surface area contributed by atoms with E-state index in [0.717, 1.165) is 11.6 Å². The number of halogens is 2. The quantitative estimate of drug-likeness (QED) is 0.800. The van der Waals surface area contributed by atoms with Gasteiger partial charge in [0, 0.05) is 24.8 Å². The topological polar surface area (TPSA) is 46.4 Å². The minimum Gasteiger partial charge on any atom is -0.305 e. The molecule has 24 heavy (non-hydrogen) atoms. The summed E-state index contributed by atoms with van der Waals surface area (Å²) >= 11 is 0. The molecule has 0 radical (unpaired) electrons. The van der Waals surface area contributed by atoms with Gasteiger partial charge in [0.25, 0.3) is 5.56 Å². The van der Waals surface area contributed by atoms with E-state index >= 15 is 0 Å². The first kappa shape index (κ1) is 16.3.